The maximum atomic E-state index is 13.5. The fourth-order valence-electron chi connectivity index (χ4n) is 5.48. The molecule has 3 N–H and O–H groups in total. The number of carbonyl (C=O) groups is 3. The minimum atomic E-state index is -0.750. The van der Waals surface area contributed by atoms with Crippen LogP contribution in [0.1, 0.15) is 60.9 Å². The van der Waals surface area contributed by atoms with Gasteiger partial charge in [0.15, 0.2) is 0 Å². The quantitative estimate of drug-likeness (QED) is 0.272. The van der Waals surface area contributed by atoms with Crippen molar-refractivity contribution >= 4 is 28.6 Å². The van der Waals surface area contributed by atoms with Crippen LogP contribution in [-0.4, -0.2) is 52.8 Å². The lowest BCUT2D eigenvalue weighted by molar-refractivity contribution is -0.125. The van der Waals surface area contributed by atoms with E-state index in [1.807, 2.05) is 105 Å². The van der Waals surface area contributed by atoms with Gasteiger partial charge in [-0.05, 0) is 60.1 Å². The molecule has 5 rings (SSSR count). The second-order valence-corrected chi connectivity index (χ2v) is 11.9. The minimum absolute atomic E-state index is 0.0250. The highest BCUT2D eigenvalue weighted by Gasteiger charge is 2.35. The summed E-state index contributed by atoms with van der Waals surface area (Å²) in [5.74, 6) is -0.611. The summed E-state index contributed by atoms with van der Waals surface area (Å²) in [5, 5.41) is 6.93. The average Bonchev–Trinajstić information content (AvgIpc) is 3.43. The van der Waals surface area contributed by atoms with Gasteiger partial charge in [-0.25, -0.2) is 0 Å². The number of aromatic amines is 1. The summed E-state index contributed by atoms with van der Waals surface area (Å²) < 4.78 is 0. The number of likely N-dealkylation sites (tertiary alicyclic amines) is 1. The van der Waals surface area contributed by atoms with Crippen molar-refractivity contribution in [2.24, 2.45) is 5.41 Å². The van der Waals surface area contributed by atoms with Gasteiger partial charge in [-0.3, -0.25) is 14.4 Å². The summed E-state index contributed by atoms with van der Waals surface area (Å²) in [5.41, 5.74) is 3.57. The molecule has 3 aromatic carbocycles. The van der Waals surface area contributed by atoms with Gasteiger partial charge >= 0.3 is 0 Å². The van der Waals surface area contributed by atoms with E-state index in [9.17, 15) is 14.4 Å². The monoisotopic (exact) mass is 550 g/mol. The maximum Gasteiger partial charge on any atom is 0.268 e. The molecule has 2 heterocycles. The van der Waals surface area contributed by atoms with Crippen molar-refractivity contribution in [3.63, 3.8) is 0 Å². The van der Waals surface area contributed by atoms with Crippen LogP contribution in [0.3, 0.4) is 0 Å². The highest BCUT2D eigenvalue weighted by Crippen LogP contribution is 2.24. The summed E-state index contributed by atoms with van der Waals surface area (Å²) in [6.45, 7) is 6.77. The largest absolute Gasteiger partial charge is 0.352 e. The third-order valence-electron chi connectivity index (χ3n) is 7.82. The first-order chi connectivity index (χ1) is 19.7. The number of fused-ring (bicyclic) bond motifs is 1. The SMILES string of the molecule is CC(C)(C)[C@H](NC(=O)c1cc2ccccc2[nH]1)C(=O)NC[C@@H]1CCCCN1C(=O)c1ccc(-c2ccccc2)cc1. The van der Waals surface area contributed by atoms with Crippen molar-refractivity contribution in [1.82, 2.24) is 20.5 Å². The number of nitrogens with zero attached hydrogens (tertiary/aromatic N) is 1. The predicted molar refractivity (Wildman–Crippen MR) is 163 cm³/mol. The van der Waals surface area contributed by atoms with E-state index in [0.717, 1.165) is 41.3 Å². The van der Waals surface area contributed by atoms with Crippen LogP contribution in [0.25, 0.3) is 22.0 Å². The highest BCUT2D eigenvalue weighted by molar-refractivity contribution is 6.00. The standard InChI is InChI=1S/C34H38N4O3/c1-34(2,3)30(37-31(39)29-21-26-13-7-8-15-28(26)36-29)32(40)35-22-27-14-9-10-20-38(27)33(41)25-18-16-24(17-19-25)23-11-5-4-6-12-23/h4-8,11-13,15-19,21,27,30,36H,9-10,14,20,22H2,1-3H3,(H,35,40)(H,37,39)/t27-,30+/m0/s1. The molecule has 41 heavy (non-hydrogen) atoms. The molecule has 7 nitrogen and oxygen atoms in total. The van der Waals surface area contributed by atoms with Crippen molar-refractivity contribution in [2.45, 2.75) is 52.1 Å². The summed E-state index contributed by atoms with van der Waals surface area (Å²) >= 11 is 0. The molecule has 1 saturated heterocycles. The predicted octanol–water partition coefficient (Wildman–Crippen LogP) is 5.79. The van der Waals surface area contributed by atoms with Crippen LogP contribution in [-0.2, 0) is 4.79 Å². The molecule has 3 amide bonds. The van der Waals surface area contributed by atoms with Crippen LogP contribution >= 0.6 is 0 Å². The number of amides is 3. The van der Waals surface area contributed by atoms with E-state index < -0.39 is 11.5 Å². The molecule has 4 aromatic rings. The molecule has 0 radical (unpaired) electrons. The molecule has 212 valence electrons. The first-order valence-electron chi connectivity index (χ1n) is 14.3. The molecule has 0 spiro atoms. The Morgan fingerprint density at radius 1 is 0.902 bits per heavy atom. The van der Waals surface area contributed by atoms with E-state index in [1.165, 1.54) is 0 Å². The van der Waals surface area contributed by atoms with E-state index in [2.05, 4.69) is 15.6 Å². The Labute approximate surface area is 241 Å². The first kappa shape index (κ1) is 28.1. The van der Waals surface area contributed by atoms with Gasteiger partial charge in [-0.2, -0.15) is 0 Å². The lowest BCUT2D eigenvalue weighted by atomic mass is 9.86. The number of rotatable bonds is 7. The van der Waals surface area contributed by atoms with Crippen LogP contribution in [0.4, 0.5) is 0 Å². The van der Waals surface area contributed by atoms with Gasteiger partial charge in [0.05, 0.1) is 0 Å². The average molecular weight is 551 g/mol. The lowest BCUT2D eigenvalue weighted by Gasteiger charge is -2.37. The molecule has 2 atom stereocenters. The van der Waals surface area contributed by atoms with Gasteiger partial charge in [0, 0.05) is 35.6 Å². The minimum Gasteiger partial charge on any atom is -0.352 e. The Kier molecular flexibility index (Phi) is 8.24. The van der Waals surface area contributed by atoms with Gasteiger partial charge in [0.25, 0.3) is 11.8 Å². The zero-order valence-corrected chi connectivity index (χ0v) is 23.9. The number of hydrogen-bond donors (Lipinski definition) is 3. The van der Waals surface area contributed by atoms with E-state index in [1.54, 1.807) is 6.07 Å². The van der Waals surface area contributed by atoms with Gasteiger partial charge in [-0.1, -0.05) is 81.4 Å². The molecule has 1 fully saturated rings. The van der Waals surface area contributed by atoms with Gasteiger partial charge in [0.2, 0.25) is 5.91 Å². The Morgan fingerprint density at radius 3 is 2.29 bits per heavy atom. The van der Waals surface area contributed by atoms with E-state index in [-0.39, 0.29) is 23.8 Å². The van der Waals surface area contributed by atoms with E-state index in [4.69, 9.17) is 0 Å². The summed E-state index contributed by atoms with van der Waals surface area (Å²) in [7, 11) is 0. The van der Waals surface area contributed by atoms with Crippen LogP contribution < -0.4 is 10.6 Å². The van der Waals surface area contributed by atoms with Crippen molar-refractivity contribution in [1.29, 1.82) is 0 Å². The van der Waals surface area contributed by atoms with Gasteiger partial charge < -0.3 is 20.5 Å². The molecule has 0 bridgehead atoms. The number of nitrogens with one attached hydrogen (secondary N) is 3. The normalized spacial score (nSPS) is 16.3. The molecule has 1 aliphatic rings. The van der Waals surface area contributed by atoms with E-state index >= 15 is 0 Å². The molecule has 1 aliphatic heterocycles. The number of benzene rings is 3. The molecule has 0 aliphatic carbocycles. The van der Waals surface area contributed by atoms with Gasteiger partial charge in [-0.15, -0.1) is 0 Å². The zero-order chi connectivity index (χ0) is 29.0. The first-order valence-corrected chi connectivity index (χ1v) is 14.3. The Hall–Kier alpha value is -4.39. The van der Waals surface area contributed by atoms with E-state index in [0.29, 0.717) is 24.3 Å². The smallest absolute Gasteiger partial charge is 0.268 e. The van der Waals surface area contributed by atoms with Crippen molar-refractivity contribution in [2.75, 3.05) is 13.1 Å². The third-order valence-corrected chi connectivity index (χ3v) is 7.82. The Balaban J connectivity index is 1.24. The Morgan fingerprint density at radius 2 is 1.59 bits per heavy atom. The second-order valence-electron chi connectivity index (χ2n) is 11.9. The number of carbonyl (C=O) groups excluding carboxylic acids is 3. The van der Waals surface area contributed by atoms with Crippen LogP contribution in [0.2, 0.25) is 0 Å². The van der Waals surface area contributed by atoms with Crippen LogP contribution in [0.15, 0.2) is 84.9 Å². The van der Waals surface area contributed by atoms with Gasteiger partial charge in [0.1, 0.15) is 11.7 Å². The molecule has 1 aromatic heterocycles. The molecule has 0 saturated carbocycles. The summed E-state index contributed by atoms with van der Waals surface area (Å²) in [4.78, 5) is 45.1. The van der Waals surface area contributed by atoms with Crippen LogP contribution in [0.5, 0.6) is 0 Å². The fraction of sp³-hybridized carbons (Fsp3) is 0.324. The molecule has 0 unspecified atom stereocenters. The molecular formula is C34H38N4O3. The lowest BCUT2D eigenvalue weighted by Crippen LogP contribution is -2.56. The topological polar surface area (TPSA) is 94.3 Å². The summed E-state index contributed by atoms with van der Waals surface area (Å²) in [6.07, 6.45) is 2.75. The fourth-order valence-corrected chi connectivity index (χ4v) is 5.48. The second kappa shape index (κ2) is 12.0. The number of piperidine rings is 1. The molecular weight excluding hydrogens is 512 g/mol. The van der Waals surface area contributed by atoms with Crippen molar-refractivity contribution in [3.05, 3.63) is 96.2 Å². The highest BCUT2D eigenvalue weighted by atomic mass is 16.2. The molecule has 7 heteroatoms. The van der Waals surface area contributed by atoms with Crippen molar-refractivity contribution in [3.8, 4) is 11.1 Å². The Bertz CT molecular complexity index is 1490. The third kappa shape index (κ3) is 6.51. The van der Waals surface area contributed by atoms with Crippen LogP contribution in [0, 0.1) is 5.41 Å². The number of aromatic nitrogens is 1. The summed E-state index contributed by atoms with van der Waals surface area (Å²) in [6, 6.07) is 26.4. The maximum absolute atomic E-state index is 13.5. The number of H-pyrrole nitrogens is 1. The zero-order valence-electron chi connectivity index (χ0n) is 23.9. The number of hydrogen-bond acceptors (Lipinski definition) is 3. The number of para-hydroxylation sites is 1. The van der Waals surface area contributed by atoms with Crippen molar-refractivity contribution < 1.29 is 14.4 Å².